The monoisotopic (exact) mass is 293 g/mol. The third-order valence-electron chi connectivity index (χ3n) is 3.81. The van der Waals surface area contributed by atoms with E-state index in [9.17, 15) is 4.79 Å². The van der Waals surface area contributed by atoms with Gasteiger partial charge in [-0.25, -0.2) is 0 Å². The number of nitrogens with one attached hydrogen (secondary N) is 1. The van der Waals surface area contributed by atoms with Gasteiger partial charge in [0, 0.05) is 19.7 Å². The van der Waals surface area contributed by atoms with E-state index in [0.717, 1.165) is 13.0 Å². The van der Waals surface area contributed by atoms with Crippen molar-refractivity contribution in [3.63, 3.8) is 0 Å². The van der Waals surface area contributed by atoms with Crippen LogP contribution in [0.25, 0.3) is 0 Å². The van der Waals surface area contributed by atoms with Crippen molar-refractivity contribution < 1.29 is 9.53 Å². The highest BCUT2D eigenvalue weighted by atomic mass is 16.5. The van der Waals surface area contributed by atoms with E-state index in [1.165, 1.54) is 0 Å². The summed E-state index contributed by atoms with van der Waals surface area (Å²) in [5.74, 6) is -0.0516. The van der Waals surface area contributed by atoms with Crippen molar-refractivity contribution in [3.05, 3.63) is 24.3 Å². The van der Waals surface area contributed by atoms with Gasteiger partial charge in [-0.15, -0.1) is 0 Å². The maximum atomic E-state index is 12.4. The number of ether oxygens (including phenoxy) is 1. The predicted molar refractivity (Wildman–Crippen MR) is 87.3 cm³/mol. The number of nitrogen functional groups attached to an aromatic ring is 1. The van der Waals surface area contributed by atoms with Crippen molar-refractivity contribution in [1.29, 1.82) is 0 Å². The summed E-state index contributed by atoms with van der Waals surface area (Å²) in [4.78, 5) is 14.6. The molecule has 0 bridgehead atoms. The van der Waals surface area contributed by atoms with Crippen LogP contribution in [0.3, 0.4) is 0 Å². The standard InChI is InChI=1S/C16H27N3O2/c1-5-12(2)19(10-11-21-4)13(3)16(20)18-15-9-7-6-8-14(15)17/h6-9,12-13H,5,10-11,17H2,1-4H3,(H,18,20). The molecule has 0 saturated carbocycles. The average molecular weight is 293 g/mol. The van der Waals surface area contributed by atoms with Crippen molar-refractivity contribution in [3.8, 4) is 0 Å². The molecule has 1 amide bonds. The molecule has 5 nitrogen and oxygen atoms in total. The minimum atomic E-state index is -0.241. The highest BCUT2D eigenvalue weighted by molar-refractivity contribution is 5.97. The Morgan fingerprint density at radius 2 is 2.05 bits per heavy atom. The van der Waals surface area contributed by atoms with Crippen molar-refractivity contribution in [2.45, 2.75) is 39.3 Å². The summed E-state index contributed by atoms with van der Waals surface area (Å²) in [5, 5.41) is 2.90. The van der Waals surface area contributed by atoms with Crippen LogP contribution in [0.2, 0.25) is 0 Å². The van der Waals surface area contributed by atoms with Gasteiger partial charge >= 0.3 is 0 Å². The summed E-state index contributed by atoms with van der Waals surface area (Å²) >= 11 is 0. The smallest absolute Gasteiger partial charge is 0.241 e. The number of hydrogen-bond acceptors (Lipinski definition) is 4. The normalized spacial score (nSPS) is 14.0. The molecule has 2 atom stereocenters. The predicted octanol–water partition coefficient (Wildman–Crippen LogP) is 2.34. The van der Waals surface area contributed by atoms with E-state index in [1.807, 2.05) is 25.1 Å². The fourth-order valence-electron chi connectivity index (χ4n) is 2.23. The molecule has 3 N–H and O–H groups in total. The van der Waals surface area contributed by atoms with Gasteiger partial charge in [0.15, 0.2) is 0 Å². The second kappa shape index (κ2) is 8.64. The van der Waals surface area contributed by atoms with Crippen LogP contribution < -0.4 is 11.1 Å². The van der Waals surface area contributed by atoms with E-state index in [0.29, 0.717) is 24.0 Å². The highest BCUT2D eigenvalue weighted by Gasteiger charge is 2.24. The summed E-state index contributed by atoms with van der Waals surface area (Å²) in [6.07, 6.45) is 0.981. The van der Waals surface area contributed by atoms with E-state index < -0.39 is 0 Å². The fourth-order valence-corrected chi connectivity index (χ4v) is 2.23. The summed E-state index contributed by atoms with van der Waals surface area (Å²) in [6.45, 7) is 7.48. The second-order valence-electron chi connectivity index (χ2n) is 5.24. The third-order valence-corrected chi connectivity index (χ3v) is 3.81. The number of rotatable bonds is 8. The van der Waals surface area contributed by atoms with Crippen molar-refractivity contribution in [2.75, 3.05) is 31.3 Å². The van der Waals surface area contributed by atoms with Gasteiger partial charge in [-0.3, -0.25) is 9.69 Å². The lowest BCUT2D eigenvalue weighted by Crippen LogP contribution is -2.48. The van der Waals surface area contributed by atoms with Crippen molar-refractivity contribution >= 4 is 17.3 Å². The number of benzene rings is 1. The number of methoxy groups -OCH3 is 1. The zero-order valence-electron chi connectivity index (χ0n) is 13.4. The first-order valence-electron chi connectivity index (χ1n) is 7.41. The van der Waals surface area contributed by atoms with Gasteiger partial charge in [-0.05, 0) is 32.4 Å². The van der Waals surface area contributed by atoms with Gasteiger partial charge in [-0.2, -0.15) is 0 Å². The minimum absolute atomic E-state index is 0.0516. The molecule has 1 aromatic carbocycles. The Labute approximate surface area is 127 Å². The molecular weight excluding hydrogens is 266 g/mol. The summed E-state index contributed by atoms with van der Waals surface area (Å²) in [6, 6.07) is 7.36. The maximum Gasteiger partial charge on any atom is 0.241 e. The molecule has 1 rings (SSSR count). The van der Waals surface area contributed by atoms with Crippen LogP contribution in [-0.2, 0) is 9.53 Å². The lowest BCUT2D eigenvalue weighted by Gasteiger charge is -2.33. The molecule has 1 aromatic rings. The Morgan fingerprint density at radius 1 is 1.38 bits per heavy atom. The number of nitrogens with two attached hydrogens (primary N) is 1. The molecule has 0 aliphatic rings. The molecule has 0 saturated heterocycles. The molecule has 0 aromatic heterocycles. The molecule has 0 heterocycles. The van der Waals surface area contributed by atoms with Crippen molar-refractivity contribution in [1.82, 2.24) is 4.90 Å². The van der Waals surface area contributed by atoms with Crippen LogP contribution in [0.4, 0.5) is 11.4 Å². The van der Waals surface area contributed by atoms with Crippen LogP contribution in [0, 0.1) is 0 Å². The van der Waals surface area contributed by atoms with Gasteiger partial charge in [0.1, 0.15) is 0 Å². The topological polar surface area (TPSA) is 67.6 Å². The Hall–Kier alpha value is -1.59. The van der Waals surface area contributed by atoms with E-state index in [4.69, 9.17) is 10.5 Å². The first kappa shape index (κ1) is 17.5. The summed E-state index contributed by atoms with van der Waals surface area (Å²) in [5.41, 5.74) is 7.09. The van der Waals surface area contributed by atoms with E-state index in [-0.39, 0.29) is 11.9 Å². The zero-order chi connectivity index (χ0) is 15.8. The van der Waals surface area contributed by atoms with Crippen LogP contribution in [0.1, 0.15) is 27.2 Å². The molecule has 5 heteroatoms. The van der Waals surface area contributed by atoms with E-state index >= 15 is 0 Å². The Bertz CT molecular complexity index is 451. The number of carbonyl (C=O) groups excluding carboxylic acids is 1. The maximum absolute atomic E-state index is 12.4. The lowest BCUT2D eigenvalue weighted by molar-refractivity contribution is -0.121. The van der Waals surface area contributed by atoms with Gasteiger partial charge in [-0.1, -0.05) is 19.1 Å². The molecule has 0 aliphatic carbocycles. The summed E-state index contributed by atoms with van der Waals surface area (Å²) < 4.78 is 5.14. The van der Waals surface area contributed by atoms with Gasteiger partial charge in [0.2, 0.25) is 5.91 Å². The number of nitrogens with zero attached hydrogens (tertiary/aromatic N) is 1. The van der Waals surface area contributed by atoms with Gasteiger partial charge in [0.05, 0.1) is 24.0 Å². The third kappa shape index (κ3) is 5.02. The molecule has 0 spiro atoms. The van der Waals surface area contributed by atoms with Gasteiger partial charge < -0.3 is 15.8 Å². The quantitative estimate of drug-likeness (QED) is 0.722. The Balaban J connectivity index is 2.75. The number of para-hydroxylation sites is 2. The zero-order valence-corrected chi connectivity index (χ0v) is 13.4. The average Bonchev–Trinajstić information content (AvgIpc) is 2.49. The van der Waals surface area contributed by atoms with Crippen LogP contribution in [-0.4, -0.2) is 43.2 Å². The highest BCUT2D eigenvalue weighted by Crippen LogP contribution is 2.18. The first-order valence-corrected chi connectivity index (χ1v) is 7.41. The van der Waals surface area contributed by atoms with Crippen LogP contribution >= 0.6 is 0 Å². The minimum Gasteiger partial charge on any atom is -0.397 e. The van der Waals surface area contributed by atoms with Crippen molar-refractivity contribution in [2.24, 2.45) is 0 Å². The first-order chi connectivity index (χ1) is 10.0. The van der Waals surface area contributed by atoms with E-state index in [2.05, 4.69) is 24.1 Å². The van der Waals surface area contributed by atoms with Crippen LogP contribution in [0.5, 0.6) is 0 Å². The summed E-state index contributed by atoms with van der Waals surface area (Å²) in [7, 11) is 1.67. The Morgan fingerprint density at radius 3 is 2.62 bits per heavy atom. The number of anilines is 2. The molecular formula is C16H27N3O2. The largest absolute Gasteiger partial charge is 0.397 e. The molecule has 0 fully saturated rings. The van der Waals surface area contributed by atoms with E-state index in [1.54, 1.807) is 13.2 Å². The molecule has 118 valence electrons. The molecule has 0 aliphatic heterocycles. The number of carbonyl (C=O) groups is 1. The lowest BCUT2D eigenvalue weighted by atomic mass is 10.1. The molecule has 21 heavy (non-hydrogen) atoms. The molecule has 0 radical (unpaired) electrons. The number of hydrogen-bond donors (Lipinski definition) is 2. The molecule has 2 unspecified atom stereocenters. The fraction of sp³-hybridized carbons (Fsp3) is 0.562. The SMILES string of the molecule is CCC(C)N(CCOC)C(C)C(=O)Nc1ccccc1N. The number of amides is 1. The van der Waals surface area contributed by atoms with Crippen LogP contribution in [0.15, 0.2) is 24.3 Å². The Kier molecular flexibility index (Phi) is 7.19. The van der Waals surface area contributed by atoms with Gasteiger partial charge in [0.25, 0.3) is 0 Å². The second-order valence-corrected chi connectivity index (χ2v) is 5.24.